The van der Waals surface area contributed by atoms with E-state index in [0.29, 0.717) is 24.9 Å². The maximum atomic E-state index is 11.2. The van der Waals surface area contributed by atoms with Gasteiger partial charge in [-0.2, -0.15) is 0 Å². The molecule has 1 aliphatic rings. The monoisotopic (exact) mass is 308 g/mol. The summed E-state index contributed by atoms with van der Waals surface area (Å²) in [4.78, 5) is 22.1. The number of benzene rings is 1. The molecule has 1 aromatic rings. The van der Waals surface area contributed by atoms with Gasteiger partial charge >= 0.3 is 11.9 Å². The van der Waals surface area contributed by atoms with E-state index >= 15 is 0 Å². The maximum absolute atomic E-state index is 11.2. The molecule has 0 aliphatic carbocycles. The van der Waals surface area contributed by atoms with Crippen LogP contribution in [0.4, 0.5) is 0 Å². The average Bonchev–Trinajstić information content (AvgIpc) is 2.90. The van der Waals surface area contributed by atoms with E-state index in [1.807, 2.05) is 0 Å². The summed E-state index contributed by atoms with van der Waals surface area (Å²) in [5.41, 5.74) is 7.01. The molecule has 1 aromatic carbocycles. The Balaban J connectivity index is 2.20. The second-order valence-electron chi connectivity index (χ2n) is 5.60. The van der Waals surface area contributed by atoms with E-state index < -0.39 is 23.9 Å². The Bertz CT molecular complexity index is 575. The highest BCUT2D eigenvalue weighted by Gasteiger charge is 2.33. The molecule has 2 rings (SSSR count). The zero-order chi connectivity index (χ0) is 16.3. The second-order valence-corrected chi connectivity index (χ2v) is 5.60. The SMILES string of the molecule is N[C@@H](Cc1ccc(O)cc1C[C@H]1NCCC1C(=O)O)C(=O)O. The smallest absolute Gasteiger partial charge is 0.320 e. The van der Waals surface area contributed by atoms with Crippen molar-refractivity contribution in [2.75, 3.05) is 6.54 Å². The van der Waals surface area contributed by atoms with Gasteiger partial charge in [-0.25, -0.2) is 0 Å². The van der Waals surface area contributed by atoms with Crippen molar-refractivity contribution in [1.29, 1.82) is 0 Å². The van der Waals surface area contributed by atoms with Gasteiger partial charge in [0, 0.05) is 6.04 Å². The topological polar surface area (TPSA) is 133 Å². The molecule has 6 N–H and O–H groups in total. The minimum absolute atomic E-state index is 0.0625. The van der Waals surface area contributed by atoms with Gasteiger partial charge in [0.2, 0.25) is 0 Å². The van der Waals surface area contributed by atoms with E-state index in [4.69, 9.17) is 10.8 Å². The van der Waals surface area contributed by atoms with Crippen LogP contribution in [0, 0.1) is 5.92 Å². The van der Waals surface area contributed by atoms with Crippen LogP contribution in [-0.4, -0.2) is 45.9 Å². The van der Waals surface area contributed by atoms with Gasteiger partial charge in [0.05, 0.1) is 5.92 Å². The van der Waals surface area contributed by atoms with Gasteiger partial charge < -0.3 is 26.4 Å². The predicted octanol–water partition coefficient (Wildman–Crippen LogP) is -0.0482. The van der Waals surface area contributed by atoms with Crippen LogP contribution in [0.25, 0.3) is 0 Å². The van der Waals surface area contributed by atoms with Crippen LogP contribution in [0.2, 0.25) is 0 Å². The number of hydrogen-bond acceptors (Lipinski definition) is 5. The third-order valence-electron chi connectivity index (χ3n) is 4.05. The van der Waals surface area contributed by atoms with Gasteiger partial charge in [-0.3, -0.25) is 9.59 Å². The lowest BCUT2D eigenvalue weighted by molar-refractivity contribution is -0.142. The first kappa shape index (κ1) is 16.3. The van der Waals surface area contributed by atoms with Crippen molar-refractivity contribution in [2.45, 2.75) is 31.3 Å². The summed E-state index contributed by atoms with van der Waals surface area (Å²) in [6.45, 7) is 0.629. The predicted molar refractivity (Wildman–Crippen MR) is 78.7 cm³/mol. The Morgan fingerprint density at radius 2 is 2.05 bits per heavy atom. The molecule has 7 nitrogen and oxygen atoms in total. The summed E-state index contributed by atoms with van der Waals surface area (Å²) in [5.74, 6) is -2.36. The number of phenols is 1. The molecular weight excluding hydrogens is 288 g/mol. The molecule has 0 bridgehead atoms. The lowest BCUT2D eigenvalue weighted by Crippen LogP contribution is -2.35. The van der Waals surface area contributed by atoms with Crippen LogP contribution in [-0.2, 0) is 22.4 Å². The first-order valence-corrected chi connectivity index (χ1v) is 7.14. The van der Waals surface area contributed by atoms with Crippen molar-refractivity contribution in [1.82, 2.24) is 5.32 Å². The maximum Gasteiger partial charge on any atom is 0.320 e. The fourth-order valence-electron chi connectivity index (χ4n) is 2.84. The molecule has 0 amide bonds. The second kappa shape index (κ2) is 6.76. The third-order valence-corrected chi connectivity index (χ3v) is 4.05. The lowest BCUT2D eigenvalue weighted by Gasteiger charge is -2.19. The Morgan fingerprint density at radius 3 is 2.68 bits per heavy atom. The Labute approximate surface area is 127 Å². The molecule has 1 fully saturated rings. The van der Waals surface area contributed by atoms with Gasteiger partial charge in [-0.15, -0.1) is 0 Å². The number of nitrogens with two attached hydrogens (primary N) is 1. The highest BCUT2D eigenvalue weighted by molar-refractivity contribution is 5.73. The molecule has 0 radical (unpaired) electrons. The highest BCUT2D eigenvalue weighted by Crippen LogP contribution is 2.24. The Kier molecular flexibility index (Phi) is 4.99. The number of nitrogens with one attached hydrogen (secondary N) is 1. The van der Waals surface area contributed by atoms with Gasteiger partial charge in [0.25, 0.3) is 0 Å². The number of phenolic OH excluding ortho intramolecular Hbond substituents is 1. The molecule has 3 atom stereocenters. The van der Waals surface area contributed by atoms with E-state index in [-0.39, 0.29) is 18.2 Å². The molecule has 0 aromatic heterocycles. The number of carboxylic acid groups (broad SMARTS) is 2. The molecule has 0 spiro atoms. The fourth-order valence-corrected chi connectivity index (χ4v) is 2.84. The normalized spacial score (nSPS) is 22.4. The molecule has 7 heteroatoms. The number of carbonyl (C=O) groups is 2. The molecule has 120 valence electrons. The van der Waals surface area contributed by atoms with E-state index in [2.05, 4.69) is 5.32 Å². The number of rotatable bonds is 6. The van der Waals surface area contributed by atoms with E-state index in [1.54, 1.807) is 12.1 Å². The van der Waals surface area contributed by atoms with E-state index in [0.717, 1.165) is 5.56 Å². The molecule has 1 unspecified atom stereocenters. The van der Waals surface area contributed by atoms with Crippen LogP contribution in [0.15, 0.2) is 18.2 Å². The first-order valence-electron chi connectivity index (χ1n) is 7.14. The summed E-state index contributed by atoms with van der Waals surface area (Å²) >= 11 is 0. The van der Waals surface area contributed by atoms with Crippen LogP contribution in [0.3, 0.4) is 0 Å². The van der Waals surface area contributed by atoms with Crippen molar-refractivity contribution in [3.63, 3.8) is 0 Å². The van der Waals surface area contributed by atoms with Crippen LogP contribution >= 0.6 is 0 Å². The summed E-state index contributed by atoms with van der Waals surface area (Å²) < 4.78 is 0. The summed E-state index contributed by atoms with van der Waals surface area (Å²) in [6, 6.07) is 3.39. The first-order chi connectivity index (χ1) is 10.4. The van der Waals surface area contributed by atoms with Gasteiger partial charge in [0.1, 0.15) is 11.8 Å². The largest absolute Gasteiger partial charge is 0.508 e. The van der Waals surface area contributed by atoms with Crippen molar-refractivity contribution in [3.8, 4) is 5.75 Å². The lowest BCUT2D eigenvalue weighted by atomic mass is 9.90. The van der Waals surface area contributed by atoms with Crippen molar-refractivity contribution in [2.24, 2.45) is 11.7 Å². The zero-order valence-electron chi connectivity index (χ0n) is 12.0. The minimum Gasteiger partial charge on any atom is -0.508 e. The minimum atomic E-state index is -1.10. The Hall–Kier alpha value is -2.12. The third kappa shape index (κ3) is 3.75. The molecule has 1 saturated heterocycles. The van der Waals surface area contributed by atoms with Crippen LogP contribution < -0.4 is 11.1 Å². The quantitative estimate of drug-likeness (QED) is 0.497. The summed E-state index contributed by atoms with van der Waals surface area (Å²) in [5, 5.41) is 30.9. The molecular formula is C15H20N2O5. The summed E-state index contributed by atoms with van der Waals surface area (Å²) in [6.07, 6.45) is 1.10. The van der Waals surface area contributed by atoms with Gasteiger partial charge in [-0.1, -0.05) is 6.07 Å². The molecule has 1 aliphatic heterocycles. The standard InChI is InChI=1S/C15H20N2O5/c16-12(15(21)22)6-8-1-2-10(18)5-9(8)7-13-11(14(19)20)3-4-17-13/h1-2,5,11-13,17-18H,3-4,6-7,16H2,(H,19,20)(H,21,22)/t11?,12-,13+/m0/s1. The molecule has 1 heterocycles. The fraction of sp³-hybridized carbons (Fsp3) is 0.467. The van der Waals surface area contributed by atoms with Crippen LogP contribution in [0.5, 0.6) is 5.75 Å². The Morgan fingerprint density at radius 1 is 1.32 bits per heavy atom. The van der Waals surface area contributed by atoms with Crippen molar-refractivity contribution >= 4 is 11.9 Å². The van der Waals surface area contributed by atoms with Crippen LogP contribution in [0.1, 0.15) is 17.5 Å². The molecule has 0 saturated carbocycles. The average molecular weight is 308 g/mol. The summed E-state index contributed by atoms with van der Waals surface area (Å²) in [7, 11) is 0. The number of carboxylic acids is 2. The number of aromatic hydroxyl groups is 1. The van der Waals surface area contributed by atoms with E-state index in [9.17, 15) is 19.8 Å². The van der Waals surface area contributed by atoms with E-state index in [1.165, 1.54) is 6.07 Å². The zero-order valence-corrected chi connectivity index (χ0v) is 12.0. The van der Waals surface area contributed by atoms with Gasteiger partial charge in [-0.05, 0) is 49.1 Å². The molecule has 22 heavy (non-hydrogen) atoms. The number of hydrogen-bond donors (Lipinski definition) is 5. The van der Waals surface area contributed by atoms with Gasteiger partial charge in [0.15, 0.2) is 0 Å². The van der Waals surface area contributed by atoms with Crippen molar-refractivity contribution in [3.05, 3.63) is 29.3 Å². The number of aliphatic carboxylic acids is 2. The highest BCUT2D eigenvalue weighted by atomic mass is 16.4. The van der Waals surface area contributed by atoms with Crippen molar-refractivity contribution < 1.29 is 24.9 Å².